The van der Waals surface area contributed by atoms with Crippen LogP contribution in [0.25, 0.3) is 0 Å². The molecule has 0 saturated carbocycles. The zero-order valence-electron chi connectivity index (χ0n) is 9.07. The zero-order valence-corrected chi connectivity index (χ0v) is 9.89. The molecule has 1 aromatic heterocycles. The smallest absolute Gasteiger partial charge is 0.0359 e. The third kappa shape index (κ3) is 2.01. The molecule has 1 saturated heterocycles. The number of nitrogens with zero attached hydrogens (tertiary/aromatic N) is 1. The Balaban J connectivity index is 2.14. The molecule has 1 aliphatic heterocycles. The first kappa shape index (κ1) is 10.2. The summed E-state index contributed by atoms with van der Waals surface area (Å²) >= 11 is 1.82. The fourth-order valence-corrected chi connectivity index (χ4v) is 3.10. The lowest BCUT2D eigenvalue weighted by molar-refractivity contribution is 0.112. The largest absolute Gasteiger partial charge is 0.294 e. The van der Waals surface area contributed by atoms with Crippen LogP contribution >= 0.6 is 11.3 Å². The molecule has 1 aromatic rings. The van der Waals surface area contributed by atoms with Crippen LogP contribution in [0.1, 0.15) is 44.7 Å². The lowest BCUT2D eigenvalue weighted by Gasteiger charge is -2.38. The van der Waals surface area contributed by atoms with Crippen LogP contribution in [0.5, 0.6) is 0 Å². The maximum absolute atomic E-state index is 2.64. The molecule has 0 aliphatic carbocycles. The summed E-state index contributed by atoms with van der Waals surface area (Å²) in [5, 5.41) is 4.51. The molecule has 1 atom stereocenters. The van der Waals surface area contributed by atoms with E-state index in [0.29, 0.717) is 12.1 Å². The van der Waals surface area contributed by atoms with Gasteiger partial charge < -0.3 is 0 Å². The first-order valence-corrected chi connectivity index (χ1v) is 6.51. The summed E-state index contributed by atoms with van der Waals surface area (Å²) < 4.78 is 0. The average Bonchev–Trinajstić information content (AvgIpc) is 2.70. The van der Waals surface area contributed by atoms with E-state index in [1.165, 1.54) is 31.4 Å². The maximum atomic E-state index is 2.64. The summed E-state index contributed by atoms with van der Waals surface area (Å²) in [4.78, 5) is 2.64. The number of likely N-dealkylation sites (tertiary alicyclic amines) is 1. The van der Waals surface area contributed by atoms with Crippen molar-refractivity contribution in [2.24, 2.45) is 0 Å². The minimum absolute atomic E-state index is 0.681. The van der Waals surface area contributed by atoms with E-state index in [1.807, 2.05) is 11.3 Å². The third-order valence-corrected chi connectivity index (χ3v) is 3.84. The van der Waals surface area contributed by atoms with Crippen molar-refractivity contribution < 1.29 is 0 Å². The minimum Gasteiger partial charge on any atom is -0.294 e. The maximum Gasteiger partial charge on any atom is 0.0359 e. The van der Waals surface area contributed by atoms with Gasteiger partial charge in [-0.2, -0.15) is 11.3 Å². The van der Waals surface area contributed by atoms with Crippen molar-refractivity contribution in [1.29, 1.82) is 0 Å². The zero-order chi connectivity index (χ0) is 9.97. The lowest BCUT2D eigenvalue weighted by atomic mass is 9.96. The predicted molar refractivity (Wildman–Crippen MR) is 62.8 cm³/mol. The van der Waals surface area contributed by atoms with E-state index < -0.39 is 0 Å². The van der Waals surface area contributed by atoms with Crippen LogP contribution in [0.2, 0.25) is 0 Å². The van der Waals surface area contributed by atoms with Gasteiger partial charge in [0, 0.05) is 12.1 Å². The van der Waals surface area contributed by atoms with E-state index in [0.717, 1.165) is 0 Å². The van der Waals surface area contributed by atoms with E-state index in [9.17, 15) is 0 Å². The monoisotopic (exact) mass is 209 g/mol. The SMILES string of the molecule is CC(C)N1CCCC[C@H]1c1ccsc1. The van der Waals surface area contributed by atoms with Gasteiger partial charge in [-0.1, -0.05) is 6.42 Å². The second-order valence-corrected chi connectivity index (χ2v) is 5.18. The highest BCUT2D eigenvalue weighted by molar-refractivity contribution is 7.07. The summed E-state index contributed by atoms with van der Waals surface area (Å²) in [7, 11) is 0. The molecule has 2 heterocycles. The Hall–Kier alpha value is -0.340. The highest BCUT2D eigenvalue weighted by Crippen LogP contribution is 2.33. The fraction of sp³-hybridized carbons (Fsp3) is 0.667. The van der Waals surface area contributed by atoms with Crippen LogP contribution in [-0.4, -0.2) is 17.5 Å². The summed E-state index contributed by atoms with van der Waals surface area (Å²) in [5.41, 5.74) is 1.53. The normalized spacial score (nSPS) is 24.4. The second kappa shape index (κ2) is 4.45. The average molecular weight is 209 g/mol. The van der Waals surface area contributed by atoms with Gasteiger partial charge in [-0.05, 0) is 55.6 Å². The van der Waals surface area contributed by atoms with Gasteiger partial charge in [0.1, 0.15) is 0 Å². The molecule has 1 nitrogen and oxygen atoms in total. The summed E-state index contributed by atoms with van der Waals surface area (Å²) in [6.07, 6.45) is 4.11. The Morgan fingerprint density at radius 3 is 2.93 bits per heavy atom. The Morgan fingerprint density at radius 2 is 2.29 bits per heavy atom. The minimum atomic E-state index is 0.681. The van der Waals surface area contributed by atoms with Crippen molar-refractivity contribution in [3.8, 4) is 0 Å². The Morgan fingerprint density at radius 1 is 1.43 bits per heavy atom. The lowest BCUT2D eigenvalue weighted by Crippen LogP contribution is -2.38. The third-order valence-electron chi connectivity index (χ3n) is 3.14. The molecule has 2 heteroatoms. The van der Waals surface area contributed by atoms with Gasteiger partial charge in [-0.3, -0.25) is 4.90 Å². The van der Waals surface area contributed by atoms with Crippen LogP contribution < -0.4 is 0 Å². The van der Waals surface area contributed by atoms with Gasteiger partial charge in [0.25, 0.3) is 0 Å². The highest BCUT2D eigenvalue weighted by Gasteiger charge is 2.25. The Bertz CT molecular complexity index is 266. The van der Waals surface area contributed by atoms with E-state index in [2.05, 4.69) is 35.6 Å². The number of hydrogen-bond acceptors (Lipinski definition) is 2. The molecule has 1 aliphatic rings. The second-order valence-electron chi connectivity index (χ2n) is 4.40. The van der Waals surface area contributed by atoms with E-state index >= 15 is 0 Å². The first-order valence-electron chi connectivity index (χ1n) is 5.57. The molecule has 0 amide bonds. The number of hydrogen-bond donors (Lipinski definition) is 0. The highest BCUT2D eigenvalue weighted by atomic mass is 32.1. The summed E-state index contributed by atoms with van der Waals surface area (Å²) in [6, 6.07) is 3.66. The topological polar surface area (TPSA) is 3.24 Å². The summed E-state index contributed by atoms with van der Waals surface area (Å²) in [5.74, 6) is 0. The van der Waals surface area contributed by atoms with Crippen molar-refractivity contribution in [1.82, 2.24) is 4.90 Å². The molecule has 0 bridgehead atoms. The molecule has 0 N–H and O–H groups in total. The van der Waals surface area contributed by atoms with Crippen LogP contribution in [0, 0.1) is 0 Å². The first-order chi connectivity index (χ1) is 6.79. The molecular formula is C12H19NS. The Labute approximate surface area is 90.7 Å². The molecule has 78 valence electrons. The van der Waals surface area contributed by atoms with Crippen molar-refractivity contribution in [3.05, 3.63) is 22.4 Å². The van der Waals surface area contributed by atoms with Gasteiger partial charge >= 0.3 is 0 Å². The molecule has 14 heavy (non-hydrogen) atoms. The van der Waals surface area contributed by atoms with Crippen LogP contribution in [0.15, 0.2) is 16.8 Å². The Kier molecular flexibility index (Phi) is 3.24. The number of thiophene rings is 1. The molecule has 2 rings (SSSR count). The van der Waals surface area contributed by atoms with Crippen molar-refractivity contribution in [2.75, 3.05) is 6.54 Å². The molecule has 0 unspecified atom stereocenters. The van der Waals surface area contributed by atoms with Gasteiger partial charge in [0.2, 0.25) is 0 Å². The van der Waals surface area contributed by atoms with Gasteiger partial charge in [0.15, 0.2) is 0 Å². The number of rotatable bonds is 2. The van der Waals surface area contributed by atoms with E-state index in [1.54, 1.807) is 0 Å². The molecule has 0 radical (unpaired) electrons. The molecule has 0 aromatic carbocycles. The quantitative estimate of drug-likeness (QED) is 0.718. The van der Waals surface area contributed by atoms with E-state index in [4.69, 9.17) is 0 Å². The van der Waals surface area contributed by atoms with Gasteiger partial charge in [-0.25, -0.2) is 0 Å². The fourth-order valence-electron chi connectivity index (χ4n) is 2.39. The predicted octanol–water partition coefficient (Wildman–Crippen LogP) is 3.68. The van der Waals surface area contributed by atoms with Crippen molar-refractivity contribution in [2.45, 2.75) is 45.2 Å². The van der Waals surface area contributed by atoms with Crippen molar-refractivity contribution in [3.63, 3.8) is 0 Å². The van der Waals surface area contributed by atoms with Crippen LogP contribution in [0.3, 0.4) is 0 Å². The molecular weight excluding hydrogens is 190 g/mol. The molecule has 1 fully saturated rings. The molecule has 0 spiro atoms. The summed E-state index contributed by atoms with van der Waals surface area (Å²) in [6.45, 7) is 5.90. The van der Waals surface area contributed by atoms with Gasteiger partial charge in [-0.15, -0.1) is 0 Å². The standard InChI is InChI=1S/C12H19NS/c1-10(2)13-7-4-3-5-12(13)11-6-8-14-9-11/h6,8-10,12H,3-5,7H2,1-2H3/t12-/m0/s1. The van der Waals surface area contributed by atoms with Gasteiger partial charge in [0.05, 0.1) is 0 Å². The number of piperidine rings is 1. The van der Waals surface area contributed by atoms with Crippen LogP contribution in [-0.2, 0) is 0 Å². The van der Waals surface area contributed by atoms with Crippen LogP contribution in [0.4, 0.5) is 0 Å². The van der Waals surface area contributed by atoms with Crippen molar-refractivity contribution >= 4 is 11.3 Å². The van der Waals surface area contributed by atoms with E-state index in [-0.39, 0.29) is 0 Å².